The van der Waals surface area contributed by atoms with Crippen LogP contribution in [0.15, 0.2) is 58.7 Å². The molecule has 3 aliphatic rings. The first-order valence-electron chi connectivity index (χ1n) is 10.3. The summed E-state index contributed by atoms with van der Waals surface area (Å²) in [6.45, 7) is 6.50. The van der Waals surface area contributed by atoms with Crippen LogP contribution in [0.3, 0.4) is 0 Å². The van der Waals surface area contributed by atoms with E-state index in [1.807, 2.05) is 6.07 Å². The smallest absolute Gasteiger partial charge is 0.256 e. The van der Waals surface area contributed by atoms with Crippen molar-refractivity contribution in [2.75, 3.05) is 51.6 Å². The SMILES string of the molecule is O=C(NCCN1CCN(Cc2ccccc2)CC1)C1=CC=CN2CCS(=O)(=O)N=C12. The number of fused-ring (bicyclic) bond motifs is 1. The van der Waals surface area contributed by atoms with Crippen molar-refractivity contribution < 1.29 is 13.2 Å². The molecule has 1 saturated heterocycles. The highest BCUT2D eigenvalue weighted by atomic mass is 32.2. The van der Waals surface area contributed by atoms with Gasteiger partial charge in [0.15, 0.2) is 5.84 Å². The largest absolute Gasteiger partial charge is 0.351 e. The van der Waals surface area contributed by atoms with E-state index < -0.39 is 10.0 Å². The molecule has 0 bridgehead atoms. The molecule has 1 aromatic rings. The predicted molar refractivity (Wildman–Crippen MR) is 116 cm³/mol. The number of amidine groups is 1. The molecule has 0 unspecified atom stereocenters. The summed E-state index contributed by atoms with van der Waals surface area (Å²) in [5, 5.41) is 2.91. The van der Waals surface area contributed by atoms with E-state index in [0.29, 0.717) is 18.7 Å². The molecule has 0 radical (unpaired) electrons. The van der Waals surface area contributed by atoms with Crippen LogP contribution in [0, 0.1) is 0 Å². The van der Waals surface area contributed by atoms with Gasteiger partial charge in [0.1, 0.15) is 0 Å². The van der Waals surface area contributed by atoms with Crippen LogP contribution in [0.5, 0.6) is 0 Å². The third-order valence-electron chi connectivity index (χ3n) is 5.53. The highest BCUT2D eigenvalue weighted by Gasteiger charge is 2.29. The zero-order valence-corrected chi connectivity index (χ0v) is 17.7. The van der Waals surface area contributed by atoms with Crippen molar-refractivity contribution in [1.29, 1.82) is 0 Å². The van der Waals surface area contributed by atoms with Crippen LogP contribution >= 0.6 is 0 Å². The fourth-order valence-electron chi connectivity index (χ4n) is 3.83. The minimum absolute atomic E-state index is 0.0357. The Bertz CT molecular complexity index is 964. The molecule has 30 heavy (non-hydrogen) atoms. The van der Waals surface area contributed by atoms with E-state index in [0.717, 1.165) is 39.3 Å². The minimum Gasteiger partial charge on any atom is -0.351 e. The molecule has 0 aromatic heterocycles. The lowest BCUT2D eigenvalue weighted by atomic mass is 10.1. The van der Waals surface area contributed by atoms with Crippen LogP contribution in [0.25, 0.3) is 0 Å². The van der Waals surface area contributed by atoms with Crippen molar-refractivity contribution in [2.24, 2.45) is 4.40 Å². The van der Waals surface area contributed by atoms with Crippen LogP contribution in [0.2, 0.25) is 0 Å². The second-order valence-electron chi connectivity index (χ2n) is 7.68. The summed E-state index contributed by atoms with van der Waals surface area (Å²) in [6.07, 6.45) is 5.12. The lowest BCUT2D eigenvalue weighted by Crippen LogP contribution is -2.48. The third kappa shape index (κ3) is 5.16. The fraction of sp³-hybridized carbons (Fsp3) is 0.429. The van der Waals surface area contributed by atoms with Crippen LogP contribution in [0.1, 0.15) is 5.56 Å². The van der Waals surface area contributed by atoms with E-state index in [2.05, 4.69) is 43.8 Å². The zero-order valence-electron chi connectivity index (χ0n) is 16.9. The average Bonchev–Trinajstić information content (AvgIpc) is 2.74. The summed E-state index contributed by atoms with van der Waals surface area (Å²) >= 11 is 0. The van der Waals surface area contributed by atoms with E-state index in [9.17, 15) is 13.2 Å². The van der Waals surface area contributed by atoms with E-state index in [1.165, 1.54) is 5.56 Å². The van der Waals surface area contributed by atoms with Crippen molar-refractivity contribution in [3.8, 4) is 0 Å². The Morgan fingerprint density at radius 2 is 1.77 bits per heavy atom. The first-order chi connectivity index (χ1) is 14.5. The number of allylic oxidation sites excluding steroid dienone is 2. The van der Waals surface area contributed by atoms with Crippen molar-refractivity contribution in [1.82, 2.24) is 20.0 Å². The molecule has 1 amide bonds. The molecule has 160 valence electrons. The molecule has 3 heterocycles. The molecular weight excluding hydrogens is 402 g/mol. The lowest BCUT2D eigenvalue weighted by molar-refractivity contribution is -0.117. The number of nitrogens with zero attached hydrogens (tertiary/aromatic N) is 4. The maximum absolute atomic E-state index is 12.6. The maximum Gasteiger partial charge on any atom is 0.256 e. The quantitative estimate of drug-likeness (QED) is 0.706. The Morgan fingerprint density at radius 1 is 1.03 bits per heavy atom. The van der Waals surface area contributed by atoms with E-state index >= 15 is 0 Å². The van der Waals surface area contributed by atoms with Crippen molar-refractivity contribution in [2.45, 2.75) is 6.54 Å². The van der Waals surface area contributed by atoms with Gasteiger partial charge in [-0.25, -0.2) is 8.42 Å². The molecular formula is C21H27N5O3S. The Hall–Kier alpha value is -2.49. The van der Waals surface area contributed by atoms with Gasteiger partial charge < -0.3 is 10.2 Å². The number of rotatable bonds is 6. The van der Waals surface area contributed by atoms with E-state index in [4.69, 9.17) is 0 Å². The second-order valence-corrected chi connectivity index (χ2v) is 9.43. The number of benzene rings is 1. The van der Waals surface area contributed by atoms with Gasteiger partial charge in [0.05, 0.1) is 11.3 Å². The Kier molecular flexibility index (Phi) is 6.31. The van der Waals surface area contributed by atoms with Crippen LogP contribution < -0.4 is 5.32 Å². The molecule has 1 aromatic carbocycles. The number of carbonyl (C=O) groups is 1. The Labute approximate surface area is 177 Å². The standard InChI is InChI=1S/C21H27N5O3S/c27-21(19-7-4-9-26-15-16-30(28,29)23-20(19)26)22-8-10-24-11-13-25(14-12-24)17-18-5-2-1-3-6-18/h1-7,9H,8,10-17H2,(H,22,27). The normalized spacial score (nSPS) is 21.5. The first-order valence-corrected chi connectivity index (χ1v) is 11.9. The lowest BCUT2D eigenvalue weighted by Gasteiger charge is -2.34. The molecule has 1 N–H and O–H groups in total. The second kappa shape index (κ2) is 9.11. The summed E-state index contributed by atoms with van der Waals surface area (Å²) in [6, 6.07) is 10.5. The molecule has 0 aliphatic carbocycles. The number of hydrogen-bond donors (Lipinski definition) is 1. The first kappa shape index (κ1) is 20.8. The zero-order chi connectivity index (χ0) is 21.0. The number of sulfonamides is 1. The van der Waals surface area contributed by atoms with Gasteiger partial charge in [-0.05, 0) is 17.7 Å². The molecule has 0 spiro atoms. The minimum atomic E-state index is -3.51. The number of amides is 1. The average molecular weight is 430 g/mol. The monoisotopic (exact) mass is 429 g/mol. The molecule has 4 rings (SSSR count). The predicted octanol–water partition coefficient (Wildman–Crippen LogP) is 0.418. The van der Waals surface area contributed by atoms with Gasteiger partial charge in [-0.1, -0.05) is 30.3 Å². The maximum atomic E-state index is 12.6. The third-order valence-corrected chi connectivity index (χ3v) is 6.68. The van der Waals surface area contributed by atoms with Gasteiger partial charge in [-0.2, -0.15) is 0 Å². The van der Waals surface area contributed by atoms with Gasteiger partial charge >= 0.3 is 0 Å². The van der Waals surface area contributed by atoms with Gasteiger partial charge in [-0.15, -0.1) is 4.40 Å². The summed E-state index contributed by atoms with van der Waals surface area (Å²) in [5.41, 5.74) is 1.63. The summed E-state index contributed by atoms with van der Waals surface area (Å²) in [5.74, 6) is -0.106. The highest BCUT2D eigenvalue weighted by molar-refractivity contribution is 7.90. The number of hydrogen-bond acceptors (Lipinski definition) is 6. The number of nitrogens with one attached hydrogen (secondary N) is 1. The number of carbonyl (C=O) groups excluding carboxylic acids is 1. The molecule has 1 fully saturated rings. The van der Waals surface area contributed by atoms with Crippen molar-refractivity contribution >= 4 is 21.8 Å². The van der Waals surface area contributed by atoms with Crippen LogP contribution in [-0.2, 0) is 21.4 Å². The molecule has 9 heteroatoms. The van der Waals surface area contributed by atoms with Gasteiger partial charge in [0.2, 0.25) is 0 Å². The van der Waals surface area contributed by atoms with Gasteiger partial charge in [-0.3, -0.25) is 14.6 Å². The van der Waals surface area contributed by atoms with Crippen LogP contribution in [-0.4, -0.2) is 86.4 Å². The number of piperazine rings is 1. The molecule has 0 atom stereocenters. The summed E-state index contributed by atoms with van der Waals surface area (Å²) < 4.78 is 27.5. The topological polar surface area (TPSA) is 85.3 Å². The van der Waals surface area contributed by atoms with Crippen LogP contribution in [0.4, 0.5) is 0 Å². The van der Waals surface area contributed by atoms with Crippen molar-refractivity contribution in [3.63, 3.8) is 0 Å². The van der Waals surface area contributed by atoms with Gasteiger partial charge in [0, 0.05) is 58.6 Å². The Balaban J connectivity index is 1.23. The summed E-state index contributed by atoms with van der Waals surface area (Å²) in [7, 11) is -3.51. The fourth-order valence-corrected chi connectivity index (χ4v) is 4.81. The Morgan fingerprint density at radius 3 is 2.53 bits per heavy atom. The highest BCUT2D eigenvalue weighted by Crippen LogP contribution is 2.17. The molecule has 3 aliphatic heterocycles. The van der Waals surface area contributed by atoms with E-state index in [1.54, 1.807) is 23.3 Å². The molecule has 8 nitrogen and oxygen atoms in total. The summed E-state index contributed by atoms with van der Waals surface area (Å²) in [4.78, 5) is 19.1. The van der Waals surface area contributed by atoms with Gasteiger partial charge in [0.25, 0.3) is 15.9 Å². The van der Waals surface area contributed by atoms with Crippen molar-refractivity contribution in [3.05, 3.63) is 59.8 Å². The molecule has 0 saturated carbocycles. The van der Waals surface area contributed by atoms with E-state index in [-0.39, 0.29) is 17.5 Å².